The highest BCUT2D eigenvalue weighted by atomic mass is 32.2. The van der Waals surface area contributed by atoms with Crippen LogP contribution in [0.5, 0.6) is 11.5 Å². The van der Waals surface area contributed by atoms with Crippen LogP contribution in [0.4, 0.5) is 5.69 Å². The molecular weight excluding hydrogens is 574 g/mol. The smallest absolute Gasteiger partial charge is 0.227 e. The molecule has 0 aliphatic rings. The van der Waals surface area contributed by atoms with Gasteiger partial charge in [0.05, 0.1) is 29.1 Å². The number of benzene rings is 3. The van der Waals surface area contributed by atoms with Crippen LogP contribution in [0.1, 0.15) is 5.56 Å². The van der Waals surface area contributed by atoms with E-state index in [-0.39, 0.29) is 4.90 Å². The Kier molecular flexibility index (Phi) is 10.3. The zero-order chi connectivity index (χ0) is 30.0. The summed E-state index contributed by atoms with van der Waals surface area (Å²) in [5.41, 5.74) is 3.54. The van der Waals surface area contributed by atoms with Gasteiger partial charge in [0.2, 0.25) is 5.89 Å². The summed E-state index contributed by atoms with van der Waals surface area (Å²) in [5.74, 6) is 2.88. The molecule has 0 bridgehead atoms. The monoisotopic (exact) mass is 601 g/mol. The first-order chi connectivity index (χ1) is 20.2. The maximum atomic E-state index is 10.4. The molecule has 3 aromatic carbocycles. The maximum Gasteiger partial charge on any atom is 0.227 e. The van der Waals surface area contributed by atoms with Crippen LogP contribution in [0.2, 0.25) is 0 Å². The maximum absolute atomic E-state index is 10.4. The molecule has 11 heteroatoms. The van der Waals surface area contributed by atoms with Gasteiger partial charge in [-0.3, -0.25) is 0 Å². The van der Waals surface area contributed by atoms with Gasteiger partial charge in [-0.25, -0.2) is 18.0 Å². The lowest BCUT2D eigenvalue weighted by molar-refractivity contribution is -0.697. The first-order valence-electron chi connectivity index (χ1n) is 12.7. The van der Waals surface area contributed by atoms with Gasteiger partial charge in [0, 0.05) is 23.3 Å². The number of ether oxygens (including phenoxy) is 2. The van der Waals surface area contributed by atoms with Crippen molar-refractivity contribution in [3.63, 3.8) is 0 Å². The summed E-state index contributed by atoms with van der Waals surface area (Å²) in [4.78, 5) is 8.15. The highest BCUT2D eigenvalue weighted by molar-refractivity contribution is 7.85. The predicted molar refractivity (Wildman–Crippen MR) is 160 cm³/mol. The summed E-state index contributed by atoms with van der Waals surface area (Å²) >= 11 is 4.60. The van der Waals surface area contributed by atoms with Crippen molar-refractivity contribution in [2.24, 2.45) is 4.99 Å². The number of hydrogen-bond acceptors (Lipinski definition) is 9. The number of aryl methyl sites for hydroxylation is 1. The average Bonchev–Trinajstić information content (AvgIpc) is 3.49. The minimum Gasteiger partial charge on any atom is -0.744 e. The predicted octanol–water partition coefficient (Wildman–Crippen LogP) is 6.02. The fourth-order valence-electron chi connectivity index (χ4n) is 3.69. The molecule has 5 aromatic rings. The van der Waals surface area contributed by atoms with Crippen LogP contribution in [-0.4, -0.2) is 36.8 Å². The topological polar surface area (TPSA) is 118 Å². The van der Waals surface area contributed by atoms with Gasteiger partial charge < -0.3 is 18.4 Å². The van der Waals surface area contributed by atoms with E-state index in [0.717, 1.165) is 33.9 Å². The van der Waals surface area contributed by atoms with Crippen molar-refractivity contribution >= 4 is 33.2 Å². The third-order valence-corrected chi connectivity index (χ3v) is 6.90. The van der Waals surface area contributed by atoms with E-state index in [1.54, 1.807) is 25.4 Å². The van der Waals surface area contributed by atoms with Gasteiger partial charge in [-0.1, -0.05) is 17.7 Å². The lowest BCUT2D eigenvalue weighted by atomic mass is 10.2. The normalized spacial score (nSPS) is 10.6. The quantitative estimate of drug-likeness (QED) is 0.0872. The molecule has 0 aliphatic carbocycles. The van der Waals surface area contributed by atoms with Gasteiger partial charge >= 0.3 is 0 Å². The number of methoxy groups -OCH3 is 1. The first kappa shape index (κ1) is 30.3. The summed E-state index contributed by atoms with van der Waals surface area (Å²) < 4.78 is 50.1. The molecule has 2 aromatic heterocycles. The van der Waals surface area contributed by atoms with Gasteiger partial charge in [0.25, 0.3) is 0 Å². The van der Waals surface area contributed by atoms with Gasteiger partial charge in [-0.15, -0.1) is 0 Å². The molecule has 0 radical (unpaired) electrons. The largest absolute Gasteiger partial charge is 0.744 e. The second-order valence-corrected chi connectivity index (χ2v) is 10.5. The molecule has 42 heavy (non-hydrogen) atoms. The van der Waals surface area contributed by atoms with Gasteiger partial charge in [0.15, 0.2) is 24.7 Å². The SMILES string of the molecule is COc1ccc(-c2cnc(-c3cc[n+](CCOc4ccc(N=C=S)cc4)cc3)o2)cc1.Cc1ccc(S(=O)(=O)[O-])cc1. The van der Waals surface area contributed by atoms with Crippen molar-refractivity contribution in [2.75, 3.05) is 13.7 Å². The Bertz CT molecular complexity index is 1750. The fourth-order valence-corrected chi connectivity index (χ4v) is 4.26. The number of aliphatic imine (C=N–C) groups is 1. The second-order valence-electron chi connectivity index (χ2n) is 8.90. The lowest BCUT2D eigenvalue weighted by Gasteiger charge is -2.05. The van der Waals surface area contributed by atoms with E-state index in [1.807, 2.05) is 84.5 Å². The fraction of sp³-hybridized carbons (Fsp3) is 0.129. The molecule has 5 rings (SSSR count). The summed E-state index contributed by atoms with van der Waals surface area (Å²) in [6.45, 7) is 3.07. The molecule has 214 valence electrons. The van der Waals surface area contributed by atoms with Gasteiger partial charge in [0.1, 0.15) is 28.2 Å². The van der Waals surface area contributed by atoms with E-state index in [4.69, 9.17) is 13.9 Å². The van der Waals surface area contributed by atoms with Gasteiger partial charge in [-0.05, 0) is 79.8 Å². The van der Waals surface area contributed by atoms with E-state index < -0.39 is 10.1 Å². The van der Waals surface area contributed by atoms with E-state index >= 15 is 0 Å². The molecular formula is C31H27N3O6S2. The average molecular weight is 602 g/mol. The molecule has 0 N–H and O–H groups in total. The molecule has 0 spiro atoms. The summed E-state index contributed by atoms with van der Waals surface area (Å²) in [6, 6.07) is 24.8. The Labute approximate surface area is 249 Å². The zero-order valence-electron chi connectivity index (χ0n) is 22.8. The number of thiocarbonyl (C=S) groups is 1. The Balaban J connectivity index is 0.000000310. The number of oxazole rings is 1. The van der Waals surface area contributed by atoms with Crippen molar-refractivity contribution in [1.29, 1.82) is 0 Å². The highest BCUT2D eigenvalue weighted by Gasteiger charge is 2.11. The summed E-state index contributed by atoms with van der Waals surface area (Å²) in [6.07, 6.45) is 5.69. The van der Waals surface area contributed by atoms with Crippen molar-refractivity contribution in [2.45, 2.75) is 18.4 Å². The van der Waals surface area contributed by atoms with Crippen LogP contribution in [0, 0.1) is 6.92 Å². The van der Waals surface area contributed by atoms with Gasteiger partial charge in [-0.2, -0.15) is 4.99 Å². The van der Waals surface area contributed by atoms with E-state index in [0.29, 0.717) is 24.8 Å². The number of rotatable bonds is 9. The Hall–Kier alpha value is -4.67. The molecule has 0 unspecified atom stereocenters. The third-order valence-electron chi connectivity index (χ3n) is 5.96. The Morgan fingerprint density at radius 3 is 2.17 bits per heavy atom. The first-order valence-corrected chi connectivity index (χ1v) is 14.5. The van der Waals surface area contributed by atoms with Crippen molar-refractivity contribution < 1.29 is 31.4 Å². The number of pyridine rings is 1. The Morgan fingerprint density at radius 1 is 0.929 bits per heavy atom. The third kappa shape index (κ3) is 8.66. The molecule has 0 saturated heterocycles. The molecule has 0 aliphatic heterocycles. The highest BCUT2D eigenvalue weighted by Crippen LogP contribution is 2.27. The lowest BCUT2D eigenvalue weighted by Crippen LogP contribution is -2.35. The number of nitrogens with zero attached hydrogens (tertiary/aromatic N) is 3. The van der Waals surface area contributed by atoms with Crippen LogP contribution < -0.4 is 14.0 Å². The van der Waals surface area contributed by atoms with E-state index in [2.05, 4.69) is 27.4 Å². The number of hydrogen-bond donors (Lipinski definition) is 0. The molecule has 0 amide bonds. The number of isothiocyanates is 1. The molecule has 2 heterocycles. The molecule has 9 nitrogen and oxygen atoms in total. The Morgan fingerprint density at radius 2 is 1.57 bits per heavy atom. The minimum absolute atomic E-state index is 0.178. The van der Waals surface area contributed by atoms with Crippen LogP contribution in [0.25, 0.3) is 22.8 Å². The molecule has 0 saturated carbocycles. The molecule has 0 fully saturated rings. The van der Waals surface area contributed by atoms with Crippen LogP contribution >= 0.6 is 12.2 Å². The zero-order valence-corrected chi connectivity index (χ0v) is 24.5. The van der Waals surface area contributed by atoms with E-state index in [1.165, 1.54) is 12.1 Å². The summed E-state index contributed by atoms with van der Waals surface area (Å²) in [5, 5.41) is 2.35. The second kappa shape index (κ2) is 14.3. The standard InChI is InChI=1S/C24H20N3O3S.C7H8O3S/c1-28-21-6-2-18(3-7-21)23-16-25-24(30-23)19-10-12-27(13-11-19)14-15-29-22-8-4-20(5-9-22)26-17-31;1-6-2-4-7(5-3-6)11(8,9)10/h2-13,16H,14-15H2,1H3;2-5H,1H3,(H,8,9,10)/q+1;/p-1. The van der Waals surface area contributed by atoms with Crippen molar-refractivity contribution in [3.8, 4) is 34.3 Å². The van der Waals surface area contributed by atoms with Crippen LogP contribution in [-0.2, 0) is 16.7 Å². The summed E-state index contributed by atoms with van der Waals surface area (Å²) in [7, 11) is -2.63. The van der Waals surface area contributed by atoms with Crippen LogP contribution in [0.3, 0.4) is 0 Å². The number of aromatic nitrogens is 2. The van der Waals surface area contributed by atoms with E-state index in [9.17, 15) is 13.0 Å². The molecule has 0 atom stereocenters. The van der Waals surface area contributed by atoms with Crippen molar-refractivity contribution in [3.05, 3.63) is 109 Å². The van der Waals surface area contributed by atoms with Crippen LogP contribution in [0.15, 0.2) is 118 Å². The minimum atomic E-state index is -4.27. The van der Waals surface area contributed by atoms with Crippen molar-refractivity contribution in [1.82, 2.24) is 4.98 Å².